The summed E-state index contributed by atoms with van der Waals surface area (Å²) in [6.07, 6.45) is -15.6. The van der Waals surface area contributed by atoms with E-state index >= 15 is 0 Å². The number of ether oxygens (including phenoxy) is 3. The van der Waals surface area contributed by atoms with E-state index in [0.29, 0.717) is 0 Å². The van der Waals surface area contributed by atoms with Crippen LogP contribution in [0.1, 0.15) is 0 Å². The fourth-order valence-electron chi connectivity index (χ4n) is 2.49. The summed E-state index contributed by atoms with van der Waals surface area (Å²) < 4.78 is 15.3. The average molecular weight is 342 g/mol. The highest BCUT2D eigenvalue weighted by molar-refractivity contribution is 4.92. The molecule has 2 rings (SSSR count). The van der Waals surface area contributed by atoms with Crippen molar-refractivity contribution >= 4 is 0 Å². The van der Waals surface area contributed by atoms with E-state index in [1.807, 2.05) is 0 Å². The van der Waals surface area contributed by atoms with Crippen LogP contribution >= 0.6 is 0 Å². The summed E-state index contributed by atoms with van der Waals surface area (Å²) in [5.41, 5.74) is 0. The number of aliphatic hydroxyl groups is 8. The molecule has 23 heavy (non-hydrogen) atoms. The first-order valence-electron chi connectivity index (χ1n) is 7.08. The summed E-state index contributed by atoms with van der Waals surface area (Å²) in [5.74, 6) is 0. The van der Waals surface area contributed by atoms with Crippen LogP contribution in [0.3, 0.4) is 0 Å². The quantitative estimate of drug-likeness (QED) is 0.243. The highest BCUT2D eigenvalue weighted by Crippen LogP contribution is 2.27. The second-order valence-corrected chi connectivity index (χ2v) is 5.53. The van der Waals surface area contributed by atoms with Crippen molar-refractivity contribution in [3.05, 3.63) is 0 Å². The van der Waals surface area contributed by atoms with Gasteiger partial charge in [-0.05, 0) is 0 Å². The van der Waals surface area contributed by atoms with Gasteiger partial charge in [-0.15, -0.1) is 0 Å². The lowest BCUT2D eigenvalue weighted by Gasteiger charge is -2.44. The van der Waals surface area contributed by atoms with Gasteiger partial charge in [-0.25, -0.2) is 0 Å². The van der Waals surface area contributed by atoms with Gasteiger partial charge in [-0.3, -0.25) is 0 Å². The van der Waals surface area contributed by atoms with Crippen LogP contribution in [0.5, 0.6) is 0 Å². The van der Waals surface area contributed by atoms with Crippen molar-refractivity contribution in [2.75, 3.05) is 13.2 Å². The maximum atomic E-state index is 9.84. The topological polar surface area (TPSA) is 190 Å². The summed E-state index contributed by atoms with van der Waals surface area (Å²) in [7, 11) is 0. The van der Waals surface area contributed by atoms with E-state index in [4.69, 9.17) is 24.4 Å². The molecule has 2 aliphatic heterocycles. The SMILES string of the molecule is OC[C@@H]1O[C@@H](O[C@H]2O[C@H](CO)[C@H](O)[C@H](O)[C@H]2O)[C@@H](O)[C@H](O)[C@H]1O. The monoisotopic (exact) mass is 342 g/mol. The van der Waals surface area contributed by atoms with Crippen molar-refractivity contribution in [2.45, 2.75) is 61.4 Å². The molecule has 2 fully saturated rings. The molecule has 0 aromatic rings. The van der Waals surface area contributed by atoms with Crippen molar-refractivity contribution in [1.29, 1.82) is 0 Å². The maximum Gasteiger partial charge on any atom is 0.189 e. The molecular weight excluding hydrogens is 320 g/mol. The van der Waals surface area contributed by atoms with E-state index in [9.17, 15) is 30.6 Å². The summed E-state index contributed by atoms with van der Waals surface area (Å²) in [5, 5.41) is 76.4. The standard InChI is InChI=1S/C12H22O11/c13-1-3-5(15)7(17)9(19)11(21-3)23-12-10(20)8(18)6(16)4(2-14)22-12/h3-20H,1-2H2/t3-,4+,5-,6-,7+,8-,9-,10+,11-,12+/m0/s1. The van der Waals surface area contributed by atoms with Gasteiger partial charge in [0, 0.05) is 0 Å². The Morgan fingerprint density at radius 3 is 1.22 bits per heavy atom. The first kappa shape index (κ1) is 18.9. The van der Waals surface area contributed by atoms with Gasteiger partial charge in [0.15, 0.2) is 12.6 Å². The Bertz CT molecular complexity index is 344. The second kappa shape index (κ2) is 7.63. The minimum atomic E-state index is -1.72. The van der Waals surface area contributed by atoms with Crippen molar-refractivity contribution < 1.29 is 55.1 Å². The van der Waals surface area contributed by atoms with Crippen LogP contribution in [-0.2, 0) is 14.2 Å². The van der Waals surface area contributed by atoms with Crippen molar-refractivity contribution in [3.8, 4) is 0 Å². The Balaban J connectivity index is 2.07. The molecule has 0 bridgehead atoms. The Morgan fingerprint density at radius 1 is 0.565 bits per heavy atom. The average Bonchev–Trinajstić information content (AvgIpc) is 2.55. The third kappa shape index (κ3) is 3.65. The van der Waals surface area contributed by atoms with E-state index in [0.717, 1.165) is 0 Å². The van der Waals surface area contributed by atoms with Gasteiger partial charge in [-0.1, -0.05) is 0 Å². The molecule has 0 aromatic carbocycles. The van der Waals surface area contributed by atoms with Crippen LogP contribution in [0.2, 0.25) is 0 Å². The predicted molar refractivity (Wildman–Crippen MR) is 68.6 cm³/mol. The zero-order valence-corrected chi connectivity index (χ0v) is 12.0. The van der Waals surface area contributed by atoms with Crippen LogP contribution in [0.4, 0.5) is 0 Å². The molecular formula is C12H22O11. The summed E-state index contributed by atoms with van der Waals surface area (Å²) in [4.78, 5) is 0. The number of rotatable bonds is 4. The third-order valence-corrected chi connectivity index (χ3v) is 3.97. The van der Waals surface area contributed by atoms with Crippen LogP contribution in [0.15, 0.2) is 0 Å². The number of hydrogen-bond donors (Lipinski definition) is 8. The van der Waals surface area contributed by atoms with Gasteiger partial charge in [0.25, 0.3) is 0 Å². The van der Waals surface area contributed by atoms with Gasteiger partial charge >= 0.3 is 0 Å². The maximum absolute atomic E-state index is 9.84. The van der Waals surface area contributed by atoms with Gasteiger partial charge in [-0.2, -0.15) is 0 Å². The summed E-state index contributed by atoms with van der Waals surface area (Å²) in [6, 6.07) is 0. The zero-order chi connectivity index (χ0) is 17.3. The molecule has 11 nitrogen and oxygen atoms in total. The molecule has 2 aliphatic rings. The van der Waals surface area contributed by atoms with E-state index in [-0.39, 0.29) is 0 Å². The van der Waals surface area contributed by atoms with Gasteiger partial charge in [0.2, 0.25) is 0 Å². The number of hydrogen-bond acceptors (Lipinski definition) is 11. The lowest BCUT2D eigenvalue weighted by molar-refractivity contribution is -0.376. The van der Waals surface area contributed by atoms with E-state index in [1.54, 1.807) is 0 Å². The van der Waals surface area contributed by atoms with E-state index in [1.165, 1.54) is 0 Å². The van der Waals surface area contributed by atoms with Gasteiger partial charge in [0.05, 0.1) is 13.2 Å². The third-order valence-electron chi connectivity index (χ3n) is 3.97. The minimum Gasteiger partial charge on any atom is -0.394 e. The summed E-state index contributed by atoms with van der Waals surface area (Å²) >= 11 is 0. The molecule has 2 heterocycles. The normalized spacial score (nSPS) is 51.7. The van der Waals surface area contributed by atoms with E-state index < -0.39 is 74.6 Å². The highest BCUT2D eigenvalue weighted by atomic mass is 16.8. The molecule has 0 unspecified atom stereocenters. The van der Waals surface area contributed by atoms with Crippen molar-refractivity contribution in [2.24, 2.45) is 0 Å². The zero-order valence-electron chi connectivity index (χ0n) is 12.0. The Morgan fingerprint density at radius 2 is 0.913 bits per heavy atom. The molecule has 8 N–H and O–H groups in total. The lowest BCUT2D eigenvalue weighted by Crippen LogP contribution is -2.63. The first-order valence-corrected chi connectivity index (χ1v) is 7.08. The molecule has 10 atom stereocenters. The molecule has 0 aliphatic carbocycles. The largest absolute Gasteiger partial charge is 0.394 e. The predicted octanol–water partition coefficient (Wildman–Crippen LogP) is -5.40. The van der Waals surface area contributed by atoms with Crippen LogP contribution in [0, 0.1) is 0 Å². The Kier molecular flexibility index (Phi) is 6.27. The minimum absolute atomic E-state index is 0.667. The van der Waals surface area contributed by atoms with Crippen LogP contribution < -0.4 is 0 Å². The molecule has 11 heteroatoms. The van der Waals surface area contributed by atoms with Gasteiger partial charge < -0.3 is 55.1 Å². The molecule has 0 amide bonds. The Hall–Kier alpha value is -0.440. The fraction of sp³-hybridized carbons (Fsp3) is 1.00. The molecule has 0 spiro atoms. The first-order chi connectivity index (χ1) is 10.8. The van der Waals surface area contributed by atoms with Gasteiger partial charge in [0.1, 0.15) is 48.8 Å². The molecule has 0 aromatic heterocycles. The lowest BCUT2D eigenvalue weighted by atomic mass is 9.98. The molecule has 0 saturated carbocycles. The Labute approximate surface area is 130 Å². The molecule has 0 radical (unpaired) electrons. The van der Waals surface area contributed by atoms with E-state index in [2.05, 4.69) is 0 Å². The summed E-state index contributed by atoms with van der Waals surface area (Å²) in [6.45, 7) is -1.33. The van der Waals surface area contributed by atoms with Crippen molar-refractivity contribution in [1.82, 2.24) is 0 Å². The smallest absolute Gasteiger partial charge is 0.189 e. The fourth-order valence-corrected chi connectivity index (χ4v) is 2.49. The molecule has 2 saturated heterocycles. The molecule has 136 valence electrons. The van der Waals surface area contributed by atoms with Crippen LogP contribution in [0.25, 0.3) is 0 Å². The van der Waals surface area contributed by atoms with Crippen molar-refractivity contribution in [3.63, 3.8) is 0 Å². The number of aliphatic hydroxyl groups excluding tert-OH is 8. The highest BCUT2D eigenvalue weighted by Gasteiger charge is 2.49. The van der Waals surface area contributed by atoms with Crippen LogP contribution in [-0.4, -0.2) is 115 Å². The second-order valence-electron chi connectivity index (χ2n) is 5.53.